The summed E-state index contributed by atoms with van der Waals surface area (Å²) in [5.74, 6) is -0.839. The summed E-state index contributed by atoms with van der Waals surface area (Å²) >= 11 is 0. The van der Waals surface area contributed by atoms with Crippen LogP contribution >= 0.6 is 0 Å². The van der Waals surface area contributed by atoms with Crippen molar-refractivity contribution in [1.29, 1.82) is 0 Å². The molecule has 11 nitrogen and oxygen atoms in total. The third-order valence-electron chi connectivity index (χ3n) is 5.60. The van der Waals surface area contributed by atoms with Crippen LogP contribution in [0.2, 0.25) is 0 Å². The van der Waals surface area contributed by atoms with Gasteiger partial charge in [-0.05, 0) is 13.8 Å². The van der Waals surface area contributed by atoms with Gasteiger partial charge < -0.3 is 49.3 Å². The lowest BCUT2D eigenvalue weighted by molar-refractivity contribution is -0.234. The zero-order chi connectivity index (χ0) is 20.2. The average Bonchev–Trinajstić information content (AvgIpc) is 3.30. The summed E-state index contributed by atoms with van der Waals surface area (Å²) in [6.45, 7) is 3.02. The summed E-state index contributed by atoms with van der Waals surface area (Å²) in [6.07, 6.45) is -8.80. The van der Waals surface area contributed by atoms with Gasteiger partial charge in [-0.3, -0.25) is 0 Å². The Labute approximate surface area is 161 Å². The minimum Gasteiger partial charge on any atom is -0.394 e. The van der Waals surface area contributed by atoms with Crippen LogP contribution in [0.25, 0.3) is 0 Å². The van der Waals surface area contributed by atoms with E-state index in [1.807, 2.05) is 0 Å². The van der Waals surface area contributed by atoms with Crippen molar-refractivity contribution in [3.05, 3.63) is 0 Å². The quantitative estimate of drug-likeness (QED) is 0.341. The van der Waals surface area contributed by atoms with E-state index in [0.29, 0.717) is 12.1 Å². The highest BCUT2D eigenvalue weighted by molar-refractivity contribution is 5.90. The van der Waals surface area contributed by atoms with Crippen LogP contribution in [0.4, 0.5) is 0 Å². The molecule has 4 aliphatic heterocycles. The molecule has 0 aromatic rings. The van der Waals surface area contributed by atoms with Crippen molar-refractivity contribution in [2.75, 3.05) is 6.61 Å². The molecule has 0 bridgehead atoms. The Balaban J connectivity index is 1.37. The van der Waals surface area contributed by atoms with Gasteiger partial charge in [0, 0.05) is 12.8 Å². The molecular weight excluding hydrogens is 378 g/mol. The largest absolute Gasteiger partial charge is 0.394 e. The smallest absolute Gasteiger partial charge is 0.184 e. The fourth-order valence-corrected chi connectivity index (χ4v) is 4.22. The molecule has 0 amide bonds. The summed E-state index contributed by atoms with van der Waals surface area (Å²) < 4.78 is 22.5. The summed E-state index contributed by atoms with van der Waals surface area (Å²) in [6, 6.07) is 0. The zero-order valence-corrected chi connectivity index (χ0v) is 15.6. The summed E-state index contributed by atoms with van der Waals surface area (Å²) in [5.41, 5.74) is 0.544. The van der Waals surface area contributed by atoms with Crippen molar-refractivity contribution < 1.29 is 49.3 Å². The molecule has 10 atom stereocenters. The van der Waals surface area contributed by atoms with E-state index in [1.165, 1.54) is 0 Å². The second-order valence-electron chi connectivity index (χ2n) is 8.13. The summed E-state index contributed by atoms with van der Waals surface area (Å²) in [7, 11) is 0. The maximum Gasteiger partial charge on any atom is 0.184 e. The molecule has 160 valence electrons. The third-order valence-corrected chi connectivity index (χ3v) is 5.60. The molecule has 4 aliphatic rings. The first-order valence-electron chi connectivity index (χ1n) is 9.42. The Kier molecular flexibility index (Phi) is 5.40. The van der Waals surface area contributed by atoms with Crippen molar-refractivity contribution >= 4 is 5.71 Å². The Morgan fingerprint density at radius 3 is 2.36 bits per heavy atom. The first-order chi connectivity index (χ1) is 13.2. The number of aliphatic hydroxyl groups excluding tert-OH is 5. The molecule has 4 heterocycles. The number of aliphatic hydroxyl groups is 5. The van der Waals surface area contributed by atoms with Gasteiger partial charge in [0.25, 0.3) is 0 Å². The summed E-state index contributed by atoms with van der Waals surface area (Å²) in [5, 5.41) is 53.4. The number of rotatable bonds is 4. The van der Waals surface area contributed by atoms with Gasteiger partial charge in [-0.1, -0.05) is 5.16 Å². The van der Waals surface area contributed by atoms with Gasteiger partial charge in [0.2, 0.25) is 0 Å². The maximum atomic E-state index is 10.2. The molecule has 0 saturated carbocycles. The lowest BCUT2D eigenvalue weighted by Crippen LogP contribution is -2.59. The monoisotopic (exact) mass is 405 g/mol. The molecule has 11 heteroatoms. The Hall–Kier alpha value is -0.890. The number of oxime groups is 1. The van der Waals surface area contributed by atoms with E-state index in [1.54, 1.807) is 13.8 Å². The molecular formula is C17H27NO10. The average molecular weight is 405 g/mol. The summed E-state index contributed by atoms with van der Waals surface area (Å²) in [4.78, 5) is 5.43. The highest BCUT2D eigenvalue weighted by Gasteiger charge is 2.57. The number of fused-ring (bicyclic) bond motifs is 1. The SMILES string of the molecule is CC1(C)O[C@H]2[C@@H](C3=NO[C@@H](C[C@H]4O[C@H](CO)[C@@H](O)[C@H](O)[C@@H]4O)C3)OC(O)[C@@H]2O1. The molecule has 0 radical (unpaired) electrons. The van der Waals surface area contributed by atoms with E-state index in [0.717, 1.165) is 0 Å². The van der Waals surface area contributed by atoms with E-state index in [9.17, 15) is 25.5 Å². The molecule has 0 spiro atoms. The molecule has 3 saturated heterocycles. The predicted octanol–water partition coefficient (Wildman–Crippen LogP) is -2.40. The standard InChI is InChI=1S/C17H27NO10/c1-17(2)26-14-13(25-16(23)15(14)27-17)7-3-6(28-18-7)4-8-10(20)12(22)11(21)9(5-19)24-8/h6,8-16,19-23H,3-5H2,1-2H3/t6-,8-,9-,10-,11-,12-,13-,14+,15-,16?/m1/s1. The number of hydrogen-bond donors (Lipinski definition) is 5. The predicted molar refractivity (Wildman–Crippen MR) is 90.0 cm³/mol. The van der Waals surface area contributed by atoms with Crippen molar-refractivity contribution in [3.8, 4) is 0 Å². The van der Waals surface area contributed by atoms with Crippen LogP contribution < -0.4 is 0 Å². The van der Waals surface area contributed by atoms with Gasteiger partial charge in [0.1, 0.15) is 48.8 Å². The van der Waals surface area contributed by atoms with Crippen LogP contribution in [0.1, 0.15) is 26.7 Å². The van der Waals surface area contributed by atoms with Crippen LogP contribution in [0.15, 0.2) is 5.16 Å². The minimum absolute atomic E-state index is 0.181. The van der Waals surface area contributed by atoms with Crippen LogP contribution in [-0.2, 0) is 23.8 Å². The molecule has 4 rings (SSSR count). The van der Waals surface area contributed by atoms with Gasteiger partial charge in [0.15, 0.2) is 12.1 Å². The highest BCUT2D eigenvalue weighted by atomic mass is 16.8. The first kappa shape index (κ1) is 20.4. The fraction of sp³-hybridized carbons (Fsp3) is 0.941. The molecule has 3 fully saturated rings. The van der Waals surface area contributed by atoms with Crippen LogP contribution in [0.3, 0.4) is 0 Å². The number of hydrogen-bond acceptors (Lipinski definition) is 11. The second-order valence-corrected chi connectivity index (χ2v) is 8.13. The zero-order valence-electron chi connectivity index (χ0n) is 15.6. The molecule has 0 aromatic carbocycles. The van der Waals surface area contributed by atoms with Gasteiger partial charge >= 0.3 is 0 Å². The Morgan fingerprint density at radius 1 is 0.964 bits per heavy atom. The van der Waals surface area contributed by atoms with Crippen molar-refractivity contribution in [1.82, 2.24) is 0 Å². The van der Waals surface area contributed by atoms with E-state index < -0.39 is 73.6 Å². The number of nitrogens with zero attached hydrogens (tertiary/aromatic N) is 1. The third kappa shape index (κ3) is 3.55. The Morgan fingerprint density at radius 2 is 1.64 bits per heavy atom. The van der Waals surface area contributed by atoms with E-state index in [2.05, 4.69) is 5.16 Å². The van der Waals surface area contributed by atoms with Gasteiger partial charge in [0.05, 0.1) is 18.4 Å². The lowest BCUT2D eigenvalue weighted by atomic mass is 9.91. The topological polar surface area (TPSA) is 160 Å². The van der Waals surface area contributed by atoms with Gasteiger partial charge in [-0.25, -0.2) is 0 Å². The van der Waals surface area contributed by atoms with Gasteiger partial charge in [-0.2, -0.15) is 0 Å². The number of ether oxygens (including phenoxy) is 4. The van der Waals surface area contributed by atoms with Crippen LogP contribution in [0, 0.1) is 0 Å². The lowest BCUT2D eigenvalue weighted by Gasteiger charge is -2.40. The van der Waals surface area contributed by atoms with Crippen molar-refractivity contribution in [2.45, 2.75) is 93.7 Å². The van der Waals surface area contributed by atoms with E-state index >= 15 is 0 Å². The normalized spacial score (nSPS) is 50.3. The van der Waals surface area contributed by atoms with Crippen molar-refractivity contribution in [2.24, 2.45) is 5.16 Å². The molecule has 0 aliphatic carbocycles. The van der Waals surface area contributed by atoms with E-state index in [4.69, 9.17) is 23.8 Å². The Bertz CT molecular complexity index is 613. The second kappa shape index (κ2) is 7.42. The minimum atomic E-state index is -1.43. The fourth-order valence-electron chi connectivity index (χ4n) is 4.22. The van der Waals surface area contributed by atoms with Crippen molar-refractivity contribution in [3.63, 3.8) is 0 Å². The molecule has 1 unspecified atom stereocenters. The first-order valence-corrected chi connectivity index (χ1v) is 9.42. The molecule has 28 heavy (non-hydrogen) atoms. The van der Waals surface area contributed by atoms with E-state index in [-0.39, 0.29) is 6.42 Å². The van der Waals surface area contributed by atoms with Crippen LogP contribution in [-0.4, -0.2) is 105 Å². The molecule has 0 aromatic heterocycles. The van der Waals surface area contributed by atoms with Crippen LogP contribution in [0.5, 0.6) is 0 Å². The molecule has 5 N–H and O–H groups in total. The highest BCUT2D eigenvalue weighted by Crippen LogP contribution is 2.40. The maximum absolute atomic E-state index is 10.2. The van der Waals surface area contributed by atoms with Gasteiger partial charge in [-0.15, -0.1) is 0 Å².